The molecule has 0 spiro atoms. The van der Waals surface area contributed by atoms with Gasteiger partial charge < -0.3 is 10.6 Å². The van der Waals surface area contributed by atoms with Crippen LogP contribution in [0.4, 0.5) is 0 Å². The molecule has 0 saturated heterocycles. The molecule has 0 amide bonds. The lowest BCUT2D eigenvalue weighted by Gasteiger charge is -2.37. The first kappa shape index (κ1) is 13.0. The van der Waals surface area contributed by atoms with E-state index in [0.717, 1.165) is 0 Å². The molecule has 1 aliphatic rings. The van der Waals surface area contributed by atoms with Crippen LogP contribution < -0.4 is 10.6 Å². The normalized spacial score (nSPS) is 20.4. The largest absolute Gasteiger partial charge is 0.317 e. The van der Waals surface area contributed by atoms with Crippen molar-refractivity contribution in [3.05, 3.63) is 0 Å². The fraction of sp³-hybridized carbons (Fsp3) is 1.00. The highest BCUT2D eigenvalue weighted by Crippen LogP contribution is 2.30. The molecule has 1 rings (SSSR count). The molecule has 1 fully saturated rings. The number of nitrogens with one attached hydrogen (secondary N) is 2. The zero-order chi connectivity index (χ0) is 11.0. The number of rotatable bonds is 7. The van der Waals surface area contributed by atoms with Gasteiger partial charge in [0, 0.05) is 5.54 Å². The molecule has 2 heteroatoms. The van der Waals surface area contributed by atoms with E-state index in [9.17, 15) is 0 Å². The Morgan fingerprint density at radius 1 is 1.07 bits per heavy atom. The third kappa shape index (κ3) is 4.52. The first-order chi connectivity index (χ1) is 7.33. The molecule has 1 aliphatic carbocycles. The molecule has 2 N–H and O–H groups in total. The standard InChI is InChI=1S/C13H28N2/c1-3-4-11-15-12-10-13(14-2)8-6-5-7-9-13/h14-15H,3-12H2,1-2H3. The summed E-state index contributed by atoms with van der Waals surface area (Å²) >= 11 is 0. The van der Waals surface area contributed by atoms with Crippen molar-refractivity contribution >= 4 is 0 Å². The summed E-state index contributed by atoms with van der Waals surface area (Å²) in [6.07, 6.45) is 10.9. The summed E-state index contributed by atoms with van der Waals surface area (Å²) in [7, 11) is 2.14. The molecule has 0 aromatic carbocycles. The van der Waals surface area contributed by atoms with E-state index in [1.807, 2.05) is 0 Å². The van der Waals surface area contributed by atoms with Crippen LogP contribution in [-0.2, 0) is 0 Å². The molecule has 0 atom stereocenters. The van der Waals surface area contributed by atoms with Crippen LogP contribution in [0.1, 0.15) is 58.3 Å². The Labute approximate surface area is 95.2 Å². The lowest BCUT2D eigenvalue weighted by molar-refractivity contribution is 0.228. The van der Waals surface area contributed by atoms with E-state index in [2.05, 4.69) is 24.6 Å². The zero-order valence-corrected chi connectivity index (χ0v) is 10.6. The van der Waals surface area contributed by atoms with Crippen LogP contribution in [0.2, 0.25) is 0 Å². The molecular weight excluding hydrogens is 184 g/mol. The summed E-state index contributed by atoms with van der Waals surface area (Å²) in [4.78, 5) is 0. The second-order valence-corrected chi connectivity index (χ2v) is 4.94. The topological polar surface area (TPSA) is 24.1 Å². The third-order valence-corrected chi connectivity index (χ3v) is 3.83. The predicted molar refractivity (Wildman–Crippen MR) is 67.3 cm³/mol. The van der Waals surface area contributed by atoms with Crippen molar-refractivity contribution in [2.45, 2.75) is 63.8 Å². The molecule has 0 bridgehead atoms. The Balaban J connectivity index is 2.15. The summed E-state index contributed by atoms with van der Waals surface area (Å²) < 4.78 is 0. The van der Waals surface area contributed by atoms with Crippen molar-refractivity contribution in [1.82, 2.24) is 10.6 Å². The Bertz CT molecular complexity index is 151. The van der Waals surface area contributed by atoms with Gasteiger partial charge in [0.2, 0.25) is 0 Å². The number of hydrogen-bond acceptors (Lipinski definition) is 2. The highest BCUT2D eigenvalue weighted by molar-refractivity contribution is 4.89. The van der Waals surface area contributed by atoms with E-state index in [1.165, 1.54) is 64.5 Å². The van der Waals surface area contributed by atoms with Gasteiger partial charge in [0.1, 0.15) is 0 Å². The minimum atomic E-state index is 0.456. The quantitative estimate of drug-likeness (QED) is 0.634. The molecule has 0 aromatic heterocycles. The van der Waals surface area contributed by atoms with Crippen molar-refractivity contribution in [3.8, 4) is 0 Å². The molecule has 0 unspecified atom stereocenters. The first-order valence-corrected chi connectivity index (χ1v) is 6.72. The first-order valence-electron chi connectivity index (χ1n) is 6.72. The van der Waals surface area contributed by atoms with Crippen LogP contribution in [0.5, 0.6) is 0 Å². The van der Waals surface area contributed by atoms with Gasteiger partial charge in [-0.25, -0.2) is 0 Å². The van der Waals surface area contributed by atoms with Crippen LogP contribution in [0.25, 0.3) is 0 Å². The number of hydrogen-bond donors (Lipinski definition) is 2. The lowest BCUT2D eigenvalue weighted by Crippen LogP contribution is -2.46. The van der Waals surface area contributed by atoms with Crippen molar-refractivity contribution in [1.29, 1.82) is 0 Å². The van der Waals surface area contributed by atoms with Crippen LogP contribution in [0.3, 0.4) is 0 Å². The summed E-state index contributed by atoms with van der Waals surface area (Å²) in [5.41, 5.74) is 0.456. The van der Waals surface area contributed by atoms with E-state index in [0.29, 0.717) is 5.54 Å². The van der Waals surface area contributed by atoms with E-state index in [4.69, 9.17) is 0 Å². The maximum absolute atomic E-state index is 3.57. The van der Waals surface area contributed by atoms with Gasteiger partial charge in [-0.15, -0.1) is 0 Å². The summed E-state index contributed by atoms with van der Waals surface area (Å²) in [6.45, 7) is 4.62. The van der Waals surface area contributed by atoms with Gasteiger partial charge in [-0.05, 0) is 45.8 Å². The average Bonchev–Trinajstić information content (AvgIpc) is 2.30. The van der Waals surface area contributed by atoms with Crippen molar-refractivity contribution < 1.29 is 0 Å². The van der Waals surface area contributed by atoms with E-state index < -0.39 is 0 Å². The smallest absolute Gasteiger partial charge is 0.0190 e. The second-order valence-electron chi connectivity index (χ2n) is 4.94. The van der Waals surface area contributed by atoms with E-state index in [-0.39, 0.29) is 0 Å². The Morgan fingerprint density at radius 2 is 1.80 bits per heavy atom. The second kappa shape index (κ2) is 7.24. The van der Waals surface area contributed by atoms with Gasteiger partial charge in [0.25, 0.3) is 0 Å². The van der Waals surface area contributed by atoms with Gasteiger partial charge in [-0.2, -0.15) is 0 Å². The lowest BCUT2D eigenvalue weighted by atomic mass is 9.79. The fourth-order valence-electron chi connectivity index (χ4n) is 2.61. The average molecular weight is 212 g/mol. The van der Waals surface area contributed by atoms with Gasteiger partial charge in [-0.3, -0.25) is 0 Å². The van der Waals surface area contributed by atoms with Crippen LogP contribution in [0.15, 0.2) is 0 Å². The summed E-state index contributed by atoms with van der Waals surface area (Å²) in [5.74, 6) is 0. The molecular formula is C13H28N2. The van der Waals surface area contributed by atoms with Crippen LogP contribution >= 0.6 is 0 Å². The zero-order valence-electron chi connectivity index (χ0n) is 10.6. The van der Waals surface area contributed by atoms with Gasteiger partial charge in [0.15, 0.2) is 0 Å². The molecule has 2 nitrogen and oxygen atoms in total. The van der Waals surface area contributed by atoms with Gasteiger partial charge in [0.05, 0.1) is 0 Å². The maximum Gasteiger partial charge on any atom is 0.0190 e. The monoisotopic (exact) mass is 212 g/mol. The third-order valence-electron chi connectivity index (χ3n) is 3.83. The maximum atomic E-state index is 3.57. The van der Waals surface area contributed by atoms with E-state index in [1.54, 1.807) is 0 Å². The van der Waals surface area contributed by atoms with Crippen molar-refractivity contribution in [2.24, 2.45) is 0 Å². The predicted octanol–water partition coefficient (Wildman–Crippen LogP) is 2.69. The SMILES string of the molecule is CCCCNCCC1(NC)CCCCC1. The fourth-order valence-corrected chi connectivity index (χ4v) is 2.61. The van der Waals surface area contributed by atoms with Gasteiger partial charge >= 0.3 is 0 Å². The van der Waals surface area contributed by atoms with Crippen LogP contribution in [0, 0.1) is 0 Å². The Morgan fingerprint density at radius 3 is 2.40 bits per heavy atom. The molecule has 0 heterocycles. The Hall–Kier alpha value is -0.0800. The minimum Gasteiger partial charge on any atom is -0.317 e. The molecule has 0 aliphatic heterocycles. The van der Waals surface area contributed by atoms with Crippen molar-refractivity contribution in [3.63, 3.8) is 0 Å². The van der Waals surface area contributed by atoms with Crippen LogP contribution in [-0.4, -0.2) is 25.7 Å². The summed E-state index contributed by atoms with van der Waals surface area (Å²) in [5, 5.41) is 7.12. The molecule has 0 radical (unpaired) electrons. The van der Waals surface area contributed by atoms with E-state index >= 15 is 0 Å². The minimum absolute atomic E-state index is 0.456. The highest BCUT2D eigenvalue weighted by Gasteiger charge is 2.29. The molecule has 90 valence electrons. The summed E-state index contributed by atoms with van der Waals surface area (Å²) in [6, 6.07) is 0. The number of unbranched alkanes of at least 4 members (excludes halogenated alkanes) is 1. The Kier molecular flexibility index (Phi) is 6.26. The van der Waals surface area contributed by atoms with Gasteiger partial charge in [-0.1, -0.05) is 32.6 Å². The molecule has 15 heavy (non-hydrogen) atoms. The molecule has 0 aromatic rings. The highest BCUT2D eigenvalue weighted by atomic mass is 15.0. The van der Waals surface area contributed by atoms with Crippen molar-refractivity contribution in [2.75, 3.05) is 20.1 Å². The molecule has 1 saturated carbocycles.